The topological polar surface area (TPSA) is 60.9 Å². The van der Waals surface area contributed by atoms with E-state index >= 15 is 0 Å². The first kappa shape index (κ1) is 19.5. The Morgan fingerprint density at radius 2 is 1.85 bits per heavy atom. The van der Waals surface area contributed by atoms with Gasteiger partial charge in [-0.05, 0) is 56.5 Å². The summed E-state index contributed by atoms with van der Waals surface area (Å²) in [6, 6.07) is 5.19. The number of halogens is 2. The zero-order valence-electron chi connectivity index (χ0n) is 14.7. The highest BCUT2D eigenvalue weighted by Crippen LogP contribution is 2.27. The van der Waals surface area contributed by atoms with E-state index in [9.17, 15) is 14.7 Å². The van der Waals surface area contributed by atoms with Crippen molar-refractivity contribution in [3.63, 3.8) is 0 Å². The second-order valence-electron chi connectivity index (χ2n) is 7.23. The van der Waals surface area contributed by atoms with Gasteiger partial charge in [0.2, 0.25) is 5.91 Å². The normalized spacial score (nSPS) is 24.0. The van der Waals surface area contributed by atoms with E-state index in [1.54, 1.807) is 12.1 Å². The molecule has 5 nitrogen and oxygen atoms in total. The van der Waals surface area contributed by atoms with Crippen molar-refractivity contribution >= 4 is 35.1 Å². The van der Waals surface area contributed by atoms with Gasteiger partial charge in [-0.2, -0.15) is 0 Å². The summed E-state index contributed by atoms with van der Waals surface area (Å²) in [7, 11) is 0. The molecule has 2 heterocycles. The van der Waals surface area contributed by atoms with Gasteiger partial charge in [0.15, 0.2) is 0 Å². The van der Waals surface area contributed by atoms with Crippen LogP contribution in [-0.2, 0) is 16.0 Å². The third-order valence-corrected chi connectivity index (χ3v) is 6.13. The number of piperidine rings is 1. The molecule has 7 heteroatoms. The number of likely N-dealkylation sites (tertiary alicyclic amines) is 2. The zero-order chi connectivity index (χ0) is 18.7. The molecule has 0 bridgehead atoms. The number of carboxylic acid groups (broad SMARTS) is 1. The van der Waals surface area contributed by atoms with E-state index in [0.29, 0.717) is 29.4 Å². The van der Waals surface area contributed by atoms with Crippen molar-refractivity contribution < 1.29 is 14.7 Å². The Kier molecular flexibility index (Phi) is 6.43. The fraction of sp³-hybridized carbons (Fsp3) is 0.579. The summed E-state index contributed by atoms with van der Waals surface area (Å²) in [5.74, 6) is -1.10. The Bertz CT molecular complexity index is 677. The van der Waals surface area contributed by atoms with Gasteiger partial charge >= 0.3 is 5.97 Å². The number of carboxylic acids is 1. The Labute approximate surface area is 163 Å². The molecule has 1 aromatic carbocycles. The minimum Gasteiger partial charge on any atom is -0.481 e. The third kappa shape index (κ3) is 4.70. The second-order valence-corrected chi connectivity index (χ2v) is 8.05. The largest absolute Gasteiger partial charge is 0.481 e. The lowest BCUT2D eigenvalue weighted by Gasteiger charge is -2.40. The van der Waals surface area contributed by atoms with E-state index in [1.165, 1.54) is 12.8 Å². The predicted molar refractivity (Wildman–Crippen MR) is 102 cm³/mol. The van der Waals surface area contributed by atoms with E-state index in [2.05, 4.69) is 4.90 Å². The average molecular weight is 399 g/mol. The molecular formula is C19H24Cl2N2O3. The summed E-state index contributed by atoms with van der Waals surface area (Å²) in [5.41, 5.74) is 0.824. The molecule has 2 saturated heterocycles. The van der Waals surface area contributed by atoms with Crippen molar-refractivity contribution in [2.45, 2.75) is 38.1 Å². The van der Waals surface area contributed by atoms with Crippen LogP contribution in [0.4, 0.5) is 0 Å². The van der Waals surface area contributed by atoms with Gasteiger partial charge in [-0.15, -0.1) is 0 Å². The van der Waals surface area contributed by atoms with Crippen LogP contribution in [0.1, 0.15) is 31.2 Å². The average Bonchev–Trinajstić information content (AvgIpc) is 3.11. The predicted octanol–water partition coefficient (Wildman–Crippen LogP) is 3.32. The minimum atomic E-state index is -0.756. The number of nitrogens with zero attached hydrogens (tertiary/aromatic N) is 2. The van der Waals surface area contributed by atoms with Gasteiger partial charge < -0.3 is 14.9 Å². The Morgan fingerprint density at radius 1 is 1.12 bits per heavy atom. The lowest BCUT2D eigenvalue weighted by atomic mass is 9.90. The third-order valence-electron chi connectivity index (χ3n) is 5.39. The summed E-state index contributed by atoms with van der Waals surface area (Å²) in [6.07, 6.45) is 3.64. The van der Waals surface area contributed by atoms with Crippen LogP contribution in [0, 0.1) is 5.92 Å². The molecular weight excluding hydrogens is 375 g/mol. The molecule has 0 aromatic heterocycles. The van der Waals surface area contributed by atoms with Crippen molar-refractivity contribution in [2.75, 3.05) is 26.2 Å². The Balaban J connectivity index is 1.70. The van der Waals surface area contributed by atoms with Crippen LogP contribution in [0.15, 0.2) is 18.2 Å². The molecule has 0 spiro atoms. The maximum absolute atomic E-state index is 12.9. The molecule has 1 N–H and O–H groups in total. The molecule has 26 heavy (non-hydrogen) atoms. The Morgan fingerprint density at radius 3 is 2.50 bits per heavy atom. The molecule has 2 aliphatic heterocycles. The van der Waals surface area contributed by atoms with Gasteiger partial charge in [-0.3, -0.25) is 9.59 Å². The van der Waals surface area contributed by atoms with Crippen molar-refractivity contribution in [1.29, 1.82) is 0 Å². The summed E-state index contributed by atoms with van der Waals surface area (Å²) < 4.78 is 0. The van der Waals surface area contributed by atoms with Gasteiger partial charge in [0.05, 0.1) is 22.4 Å². The molecule has 2 fully saturated rings. The summed E-state index contributed by atoms with van der Waals surface area (Å²) in [5, 5.41) is 10.3. The summed E-state index contributed by atoms with van der Waals surface area (Å²) in [4.78, 5) is 28.6. The van der Waals surface area contributed by atoms with E-state index in [4.69, 9.17) is 23.2 Å². The molecule has 0 saturated carbocycles. The van der Waals surface area contributed by atoms with Crippen LogP contribution in [0.3, 0.4) is 0 Å². The first-order valence-corrected chi connectivity index (χ1v) is 9.88. The molecule has 142 valence electrons. The minimum absolute atomic E-state index is 0.0245. The quantitative estimate of drug-likeness (QED) is 0.825. The fourth-order valence-corrected chi connectivity index (χ4v) is 4.29. The maximum Gasteiger partial charge on any atom is 0.306 e. The standard InChI is InChI=1S/C19H24Cl2N2O3/c20-16-4-3-13(9-17(16)21)10-18(24)23-8-5-14(19(25)26)11-15(23)12-22-6-1-2-7-22/h3-4,9,14-15H,1-2,5-8,10-12H2,(H,25,26). The van der Waals surface area contributed by atoms with Crippen LogP contribution < -0.4 is 0 Å². The van der Waals surface area contributed by atoms with E-state index in [1.807, 2.05) is 11.0 Å². The fourth-order valence-electron chi connectivity index (χ4n) is 3.97. The van der Waals surface area contributed by atoms with Crippen LogP contribution in [0.2, 0.25) is 10.0 Å². The van der Waals surface area contributed by atoms with E-state index in [-0.39, 0.29) is 24.3 Å². The second kappa shape index (κ2) is 8.59. The molecule has 1 aromatic rings. The number of hydrogen-bond donors (Lipinski definition) is 1. The number of carbonyl (C=O) groups is 2. The number of hydrogen-bond acceptors (Lipinski definition) is 3. The number of carbonyl (C=O) groups excluding carboxylic acids is 1. The van der Waals surface area contributed by atoms with Crippen LogP contribution in [0.5, 0.6) is 0 Å². The summed E-state index contributed by atoms with van der Waals surface area (Å²) >= 11 is 12.0. The van der Waals surface area contributed by atoms with Gasteiger partial charge in [-0.1, -0.05) is 29.3 Å². The van der Waals surface area contributed by atoms with Crippen molar-refractivity contribution in [1.82, 2.24) is 9.80 Å². The highest BCUT2D eigenvalue weighted by Gasteiger charge is 2.35. The van der Waals surface area contributed by atoms with Crippen LogP contribution in [0.25, 0.3) is 0 Å². The molecule has 0 aliphatic carbocycles. The molecule has 1 amide bonds. The SMILES string of the molecule is O=C(O)C1CCN(C(=O)Cc2ccc(Cl)c(Cl)c2)C(CN2CCCC2)C1. The van der Waals surface area contributed by atoms with Crippen molar-refractivity contribution in [3.8, 4) is 0 Å². The van der Waals surface area contributed by atoms with Crippen LogP contribution >= 0.6 is 23.2 Å². The van der Waals surface area contributed by atoms with Gasteiger partial charge in [0.25, 0.3) is 0 Å². The van der Waals surface area contributed by atoms with E-state index in [0.717, 1.165) is 25.2 Å². The number of benzene rings is 1. The molecule has 2 aliphatic rings. The Hall–Kier alpha value is -1.30. The molecule has 0 radical (unpaired) electrons. The first-order valence-electron chi connectivity index (χ1n) is 9.12. The van der Waals surface area contributed by atoms with E-state index < -0.39 is 5.97 Å². The summed E-state index contributed by atoms with van der Waals surface area (Å²) in [6.45, 7) is 3.32. The molecule has 2 atom stereocenters. The smallest absolute Gasteiger partial charge is 0.306 e. The van der Waals surface area contributed by atoms with Gasteiger partial charge in [0, 0.05) is 19.1 Å². The van der Waals surface area contributed by atoms with Gasteiger partial charge in [-0.25, -0.2) is 0 Å². The number of rotatable bonds is 5. The van der Waals surface area contributed by atoms with Crippen LogP contribution in [-0.4, -0.2) is 59.0 Å². The highest BCUT2D eigenvalue weighted by molar-refractivity contribution is 6.42. The molecule has 2 unspecified atom stereocenters. The maximum atomic E-state index is 12.9. The lowest BCUT2D eigenvalue weighted by Crippen LogP contribution is -2.52. The zero-order valence-corrected chi connectivity index (χ0v) is 16.2. The van der Waals surface area contributed by atoms with Gasteiger partial charge in [0.1, 0.15) is 0 Å². The lowest BCUT2D eigenvalue weighted by molar-refractivity contribution is -0.148. The van der Waals surface area contributed by atoms with Crippen molar-refractivity contribution in [2.24, 2.45) is 5.92 Å². The number of aliphatic carboxylic acids is 1. The first-order chi connectivity index (χ1) is 12.4. The monoisotopic (exact) mass is 398 g/mol. The highest BCUT2D eigenvalue weighted by atomic mass is 35.5. The number of amides is 1. The molecule has 3 rings (SSSR count). The van der Waals surface area contributed by atoms with Crippen molar-refractivity contribution in [3.05, 3.63) is 33.8 Å².